The number of hydrogen-bond acceptors (Lipinski definition) is 0. The standard InChI is InChI=1S/C9H8ClSi/c1-2-9(11)7-5-3-4-6-8(7)10/h2-6,9H,1H2. The van der Waals surface area contributed by atoms with Gasteiger partial charge in [0.2, 0.25) is 0 Å². The number of rotatable bonds is 2. The average molecular weight is 180 g/mol. The molecule has 0 aromatic heterocycles. The van der Waals surface area contributed by atoms with Gasteiger partial charge in [-0.05, 0) is 17.2 Å². The van der Waals surface area contributed by atoms with Gasteiger partial charge in [-0.3, -0.25) is 0 Å². The van der Waals surface area contributed by atoms with Crippen molar-refractivity contribution in [3.8, 4) is 0 Å². The van der Waals surface area contributed by atoms with Crippen molar-refractivity contribution in [1.82, 2.24) is 0 Å². The lowest BCUT2D eigenvalue weighted by Gasteiger charge is -2.06. The highest BCUT2D eigenvalue weighted by Gasteiger charge is 2.03. The van der Waals surface area contributed by atoms with Crippen LogP contribution in [0.1, 0.15) is 11.1 Å². The zero-order valence-corrected chi connectivity index (χ0v) is 7.81. The van der Waals surface area contributed by atoms with Gasteiger partial charge in [-0.2, -0.15) is 0 Å². The van der Waals surface area contributed by atoms with E-state index in [1.165, 1.54) is 0 Å². The van der Waals surface area contributed by atoms with Gasteiger partial charge in [0, 0.05) is 15.3 Å². The van der Waals surface area contributed by atoms with Gasteiger partial charge < -0.3 is 0 Å². The molecule has 2 heteroatoms. The molecular weight excluding hydrogens is 172 g/mol. The van der Waals surface area contributed by atoms with E-state index in [4.69, 9.17) is 11.6 Å². The lowest BCUT2D eigenvalue weighted by Crippen LogP contribution is -1.93. The maximum Gasteiger partial charge on any atom is 0.0440 e. The third-order valence-corrected chi connectivity index (χ3v) is 2.37. The SMILES string of the molecule is C=CC([Si])c1ccccc1Cl. The van der Waals surface area contributed by atoms with Crippen LogP contribution in [0.4, 0.5) is 0 Å². The third-order valence-electron chi connectivity index (χ3n) is 1.48. The van der Waals surface area contributed by atoms with E-state index < -0.39 is 0 Å². The average Bonchev–Trinajstić information content (AvgIpc) is 2.04. The molecule has 55 valence electrons. The van der Waals surface area contributed by atoms with Gasteiger partial charge in [-0.15, -0.1) is 6.58 Å². The van der Waals surface area contributed by atoms with Gasteiger partial charge in [0.25, 0.3) is 0 Å². The van der Waals surface area contributed by atoms with Crippen molar-refractivity contribution in [2.75, 3.05) is 0 Å². The van der Waals surface area contributed by atoms with Crippen LogP contribution in [0, 0.1) is 0 Å². The summed E-state index contributed by atoms with van der Waals surface area (Å²) in [5.74, 6) is 0. The van der Waals surface area contributed by atoms with E-state index in [0.717, 1.165) is 10.6 Å². The topological polar surface area (TPSA) is 0 Å². The Morgan fingerprint density at radius 2 is 2.09 bits per heavy atom. The van der Waals surface area contributed by atoms with E-state index in [-0.39, 0.29) is 5.54 Å². The predicted octanol–water partition coefficient (Wildman–Crippen LogP) is 2.74. The Hall–Kier alpha value is -0.533. The normalized spacial score (nSPS) is 12.5. The Labute approximate surface area is 75.3 Å². The predicted molar refractivity (Wildman–Crippen MR) is 50.1 cm³/mol. The van der Waals surface area contributed by atoms with Crippen molar-refractivity contribution < 1.29 is 0 Å². The van der Waals surface area contributed by atoms with Crippen LogP contribution in [0.5, 0.6) is 0 Å². The third kappa shape index (κ3) is 1.95. The summed E-state index contributed by atoms with van der Waals surface area (Å²) in [6.45, 7) is 3.67. The molecule has 0 aliphatic rings. The van der Waals surface area contributed by atoms with Gasteiger partial charge in [0.05, 0.1) is 0 Å². The van der Waals surface area contributed by atoms with Crippen molar-refractivity contribution in [1.29, 1.82) is 0 Å². The first-order chi connectivity index (χ1) is 5.25. The highest BCUT2D eigenvalue weighted by atomic mass is 35.5. The summed E-state index contributed by atoms with van der Waals surface area (Å²) in [5, 5.41) is 0.771. The highest BCUT2D eigenvalue weighted by Crippen LogP contribution is 2.22. The largest absolute Gasteiger partial charge is 0.103 e. The molecule has 0 nitrogen and oxygen atoms in total. The lowest BCUT2D eigenvalue weighted by atomic mass is 10.1. The summed E-state index contributed by atoms with van der Waals surface area (Å²) in [7, 11) is 3.48. The summed E-state index contributed by atoms with van der Waals surface area (Å²) in [5.41, 5.74) is 1.20. The van der Waals surface area contributed by atoms with Crippen LogP contribution in [-0.2, 0) is 0 Å². The number of halogens is 1. The molecule has 1 aromatic carbocycles. The minimum atomic E-state index is 0.142. The van der Waals surface area contributed by atoms with E-state index in [0.29, 0.717) is 0 Å². The quantitative estimate of drug-likeness (QED) is 0.484. The maximum absolute atomic E-state index is 5.92. The summed E-state index contributed by atoms with van der Waals surface area (Å²) in [4.78, 5) is 0. The van der Waals surface area contributed by atoms with E-state index in [9.17, 15) is 0 Å². The number of hydrogen-bond donors (Lipinski definition) is 0. The Bertz CT molecular complexity index is 257. The fourth-order valence-corrected chi connectivity index (χ4v) is 1.45. The minimum absolute atomic E-state index is 0.142. The smallest absolute Gasteiger partial charge is 0.0440 e. The molecule has 1 rings (SSSR count). The van der Waals surface area contributed by atoms with Gasteiger partial charge in [-0.1, -0.05) is 35.9 Å². The Morgan fingerprint density at radius 3 is 2.64 bits per heavy atom. The monoisotopic (exact) mass is 179 g/mol. The van der Waals surface area contributed by atoms with Gasteiger partial charge in [0.1, 0.15) is 0 Å². The van der Waals surface area contributed by atoms with Crippen LogP contribution in [0.3, 0.4) is 0 Å². The molecule has 1 atom stereocenters. The van der Waals surface area contributed by atoms with Gasteiger partial charge in [0.15, 0.2) is 0 Å². The van der Waals surface area contributed by atoms with Gasteiger partial charge in [-0.25, -0.2) is 0 Å². The highest BCUT2D eigenvalue weighted by molar-refractivity contribution is 6.32. The summed E-state index contributed by atoms with van der Waals surface area (Å²) in [6.07, 6.45) is 1.80. The van der Waals surface area contributed by atoms with Crippen LogP contribution in [0.25, 0.3) is 0 Å². The molecule has 0 bridgehead atoms. The Balaban J connectivity index is 3.02. The second-order valence-electron chi connectivity index (χ2n) is 2.23. The van der Waals surface area contributed by atoms with E-state index in [2.05, 4.69) is 16.8 Å². The van der Waals surface area contributed by atoms with Crippen LogP contribution in [0.2, 0.25) is 5.02 Å². The van der Waals surface area contributed by atoms with E-state index >= 15 is 0 Å². The summed E-state index contributed by atoms with van der Waals surface area (Å²) in [6, 6.07) is 7.71. The summed E-state index contributed by atoms with van der Waals surface area (Å²) < 4.78 is 0. The molecule has 0 heterocycles. The van der Waals surface area contributed by atoms with Crippen LogP contribution in [-0.4, -0.2) is 10.2 Å². The minimum Gasteiger partial charge on any atom is -0.103 e. The van der Waals surface area contributed by atoms with Crippen molar-refractivity contribution >= 4 is 21.8 Å². The molecule has 0 N–H and O–H groups in total. The van der Waals surface area contributed by atoms with Crippen LogP contribution >= 0.6 is 11.6 Å². The maximum atomic E-state index is 5.92. The Morgan fingerprint density at radius 1 is 1.45 bits per heavy atom. The number of benzene rings is 1. The first kappa shape index (κ1) is 8.56. The zero-order valence-electron chi connectivity index (χ0n) is 6.05. The molecule has 1 aromatic rings. The molecule has 0 aliphatic heterocycles. The first-order valence-electron chi connectivity index (χ1n) is 3.34. The van der Waals surface area contributed by atoms with Gasteiger partial charge >= 0.3 is 0 Å². The zero-order chi connectivity index (χ0) is 8.27. The van der Waals surface area contributed by atoms with E-state index in [1.54, 1.807) is 6.08 Å². The molecule has 0 saturated carbocycles. The molecular formula is C9H8ClSi. The van der Waals surface area contributed by atoms with Crippen molar-refractivity contribution in [2.45, 2.75) is 5.54 Å². The fraction of sp³-hybridized carbons (Fsp3) is 0.111. The molecule has 0 saturated heterocycles. The molecule has 0 fully saturated rings. The molecule has 3 radical (unpaired) electrons. The van der Waals surface area contributed by atoms with Crippen molar-refractivity contribution in [3.05, 3.63) is 47.5 Å². The molecule has 11 heavy (non-hydrogen) atoms. The molecule has 0 aliphatic carbocycles. The van der Waals surface area contributed by atoms with Crippen molar-refractivity contribution in [2.24, 2.45) is 0 Å². The second kappa shape index (κ2) is 3.74. The fourth-order valence-electron chi connectivity index (χ4n) is 0.854. The van der Waals surface area contributed by atoms with Crippen molar-refractivity contribution in [3.63, 3.8) is 0 Å². The first-order valence-corrected chi connectivity index (χ1v) is 4.29. The molecule has 0 spiro atoms. The second-order valence-corrected chi connectivity index (χ2v) is 3.26. The molecule has 0 amide bonds. The van der Waals surface area contributed by atoms with E-state index in [1.807, 2.05) is 24.3 Å². The van der Waals surface area contributed by atoms with Crippen LogP contribution in [0.15, 0.2) is 36.9 Å². The molecule has 1 unspecified atom stereocenters. The lowest BCUT2D eigenvalue weighted by molar-refractivity contribution is 1.22. The van der Waals surface area contributed by atoms with Crippen LogP contribution < -0.4 is 0 Å². The Kier molecular flexibility index (Phi) is 2.91. The summed E-state index contributed by atoms with van der Waals surface area (Å²) >= 11 is 5.92. The number of allylic oxidation sites excluding steroid dienone is 1.